The second-order valence-electron chi connectivity index (χ2n) is 4.32. The first kappa shape index (κ1) is 14.1. The number of hydrogen-bond acceptors (Lipinski definition) is 4. The van der Waals surface area contributed by atoms with E-state index in [1.807, 2.05) is 43.6 Å². The van der Waals surface area contributed by atoms with Gasteiger partial charge in [-0.1, -0.05) is 30.3 Å². The Labute approximate surface area is 117 Å². The molecule has 0 fully saturated rings. The smallest absolute Gasteiger partial charge is 0.0867 e. The Morgan fingerprint density at radius 1 is 1.37 bits per heavy atom. The lowest BCUT2D eigenvalue weighted by Gasteiger charge is -2.10. The Balaban J connectivity index is 1.63. The number of hydrogen-bond donors (Lipinski definition) is 1. The molecular formula is C14H18N2O2S. The zero-order chi connectivity index (χ0) is 13.5. The Hall–Kier alpha value is -1.30. The highest BCUT2D eigenvalue weighted by Gasteiger charge is 2.06. The van der Waals surface area contributed by atoms with Crippen molar-refractivity contribution in [1.29, 1.82) is 0 Å². The molecule has 0 amide bonds. The number of aromatic nitrogens is 2. The maximum absolute atomic E-state index is 9.82. The van der Waals surface area contributed by atoms with E-state index in [-0.39, 0.29) is 0 Å². The second kappa shape index (κ2) is 7.33. The van der Waals surface area contributed by atoms with Crippen LogP contribution in [0.1, 0.15) is 5.56 Å². The topological polar surface area (TPSA) is 47.3 Å². The van der Waals surface area contributed by atoms with Crippen molar-refractivity contribution in [2.45, 2.75) is 17.6 Å². The molecule has 1 N–H and O–H groups in total. The lowest BCUT2D eigenvalue weighted by molar-refractivity contribution is 0.0398. The number of ether oxygens (including phenoxy) is 1. The minimum Gasteiger partial charge on any atom is -0.390 e. The minimum absolute atomic E-state index is 0.349. The number of rotatable bonds is 7. The van der Waals surface area contributed by atoms with E-state index in [2.05, 4.69) is 5.10 Å². The quantitative estimate of drug-likeness (QED) is 0.788. The van der Waals surface area contributed by atoms with Crippen LogP contribution in [0, 0.1) is 0 Å². The van der Waals surface area contributed by atoms with Crippen LogP contribution in [0.4, 0.5) is 0 Å². The van der Waals surface area contributed by atoms with E-state index in [0.717, 1.165) is 10.5 Å². The fraction of sp³-hybridized carbons (Fsp3) is 0.357. The molecule has 1 aromatic heterocycles. The van der Waals surface area contributed by atoms with Gasteiger partial charge in [0.2, 0.25) is 0 Å². The van der Waals surface area contributed by atoms with Crippen LogP contribution in [-0.2, 0) is 18.4 Å². The Morgan fingerprint density at radius 2 is 2.16 bits per heavy atom. The second-order valence-corrected chi connectivity index (χ2v) is 5.41. The molecule has 0 saturated carbocycles. The van der Waals surface area contributed by atoms with Gasteiger partial charge in [-0.15, -0.1) is 11.8 Å². The van der Waals surface area contributed by atoms with Crippen LogP contribution in [-0.4, -0.2) is 33.4 Å². The first-order chi connectivity index (χ1) is 9.24. The van der Waals surface area contributed by atoms with Gasteiger partial charge in [-0.3, -0.25) is 4.68 Å². The number of nitrogens with zero attached hydrogens (tertiary/aromatic N) is 2. The Morgan fingerprint density at radius 3 is 2.84 bits per heavy atom. The third-order valence-electron chi connectivity index (χ3n) is 2.55. The van der Waals surface area contributed by atoms with Crippen molar-refractivity contribution in [1.82, 2.24) is 9.78 Å². The first-order valence-electron chi connectivity index (χ1n) is 6.15. The van der Waals surface area contributed by atoms with Crippen molar-refractivity contribution >= 4 is 11.8 Å². The van der Waals surface area contributed by atoms with Crippen LogP contribution >= 0.6 is 11.8 Å². The minimum atomic E-state index is -0.464. The molecule has 1 aromatic carbocycles. The number of thioether (sulfide) groups is 1. The van der Waals surface area contributed by atoms with E-state index in [9.17, 15) is 5.11 Å². The monoisotopic (exact) mass is 278 g/mol. The van der Waals surface area contributed by atoms with Gasteiger partial charge in [-0.25, -0.2) is 0 Å². The van der Waals surface area contributed by atoms with E-state index >= 15 is 0 Å². The summed E-state index contributed by atoms with van der Waals surface area (Å²) in [5.41, 5.74) is 1.12. The summed E-state index contributed by atoms with van der Waals surface area (Å²) in [5.74, 6) is 0.612. The third kappa shape index (κ3) is 5.06. The molecule has 4 nitrogen and oxygen atoms in total. The van der Waals surface area contributed by atoms with Gasteiger partial charge in [0.1, 0.15) is 0 Å². The summed E-state index contributed by atoms with van der Waals surface area (Å²) in [7, 11) is 1.88. The van der Waals surface area contributed by atoms with Gasteiger partial charge in [-0.2, -0.15) is 5.10 Å². The summed E-state index contributed by atoms with van der Waals surface area (Å²) in [6.07, 6.45) is 3.26. The number of aliphatic hydroxyl groups is 1. The highest BCUT2D eigenvalue weighted by molar-refractivity contribution is 7.99. The molecule has 0 spiro atoms. The predicted molar refractivity (Wildman–Crippen MR) is 76.0 cm³/mol. The number of aliphatic hydroxyl groups excluding tert-OH is 1. The van der Waals surface area contributed by atoms with Crippen LogP contribution in [0.25, 0.3) is 0 Å². The zero-order valence-corrected chi connectivity index (χ0v) is 11.7. The predicted octanol–water partition coefficient (Wildman–Crippen LogP) is 2.09. The van der Waals surface area contributed by atoms with Crippen molar-refractivity contribution in [3.63, 3.8) is 0 Å². The molecule has 1 heterocycles. The van der Waals surface area contributed by atoms with E-state index in [4.69, 9.17) is 4.74 Å². The molecule has 102 valence electrons. The fourth-order valence-corrected chi connectivity index (χ4v) is 2.43. The van der Waals surface area contributed by atoms with Crippen molar-refractivity contribution in [3.05, 3.63) is 48.3 Å². The molecule has 0 bridgehead atoms. The average Bonchev–Trinajstić information content (AvgIpc) is 2.83. The molecule has 0 radical (unpaired) electrons. The molecule has 0 aliphatic heterocycles. The molecule has 0 aliphatic carbocycles. The molecule has 0 saturated heterocycles. The summed E-state index contributed by atoms with van der Waals surface area (Å²) < 4.78 is 7.24. The summed E-state index contributed by atoms with van der Waals surface area (Å²) >= 11 is 1.58. The van der Waals surface area contributed by atoms with Gasteiger partial charge < -0.3 is 9.84 Å². The molecule has 5 heteroatoms. The van der Waals surface area contributed by atoms with E-state index in [1.54, 1.807) is 22.6 Å². The number of benzene rings is 1. The van der Waals surface area contributed by atoms with Crippen LogP contribution in [0.5, 0.6) is 0 Å². The molecule has 1 unspecified atom stereocenters. The lowest BCUT2D eigenvalue weighted by Crippen LogP contribution is -2.17. The normalized spacial score (nSPS) is 12.5. The number of aryl methyl sites for hydroxylation is 1. The van der Waals surface area contributed by atoms with Crippen molar-refractivity contribution < 1.29 is 9.84 Å². The highest BCUT2D eigenvalue weighted by Crippen LogP contribution is 2.17. The molecular weight excluding hydrogens is 260 g/mol. The largest absolute Gasteiger partial charge is 0.390 e. The highest BCUT2D eigenvalue weighted by atomic mass is 32.2. The maximum atomic E-state index is 9.82. The van der Waals surface area contributed by atoms with E-state index in [1.165, 1.54) is 0 Å². The van der Waals surface area contributed by atoms with Gasteiger partial charge in [0, 0.05) is 23.9 Å². The first-order valence-corrected chi connectivity index (χ1v) is 7.14. The van der Waals surface area contributed by atoms with Crippen molar-refractivity contribution in [2.24, 2.45) is 7.05 Å². The average molecular weight is 278 g/mol. The van der Waals surface area contributed by atoms with Gasteiger partial charge in [0.15, 0.2) is 0 Å². The van der Waals surface area contributed by atoms with Crippen LogP contribution < -0.4 is 0 Å². The molecule has 2 aromatic rings. The summed E-state index contributed by atoms with van der Waals surface area (Å²) in [4.78, 5) is 1.06. The summed E-state index contributed by atoms with van der Waals surface area (Å²) in [6.45, 7) is 0.887. The van der Waals surface area contributed by atoms with Crippen molar-refractivity contribution in [2.75, 3.05) is 12.4 Å². The fourth-order valence-electron chi connectivity index (χ4n) is 1.60. The maximum Gasteiger partial charge on any atom is 0.0867 e. The summed E-state index contributed by atoms with van der Waals surface area (Å²) in [5, 5.41) is 13.9. The molecule has 2 rings (SSSR count). The van der Waals surface area contributed by atoms with Gasteiger partial charge >= 0.3 is 0 Å². The zero-order valence-electron chi connectivity index (χ0n) is 10.9. The van der Waals surface area contributed by atoms with E-state index in [0.29, 0.717) is 19.0 Å². The third-order valence-corrected chi connectivity index (χ3v) is 3.64. The van der Waals surface area contributed by atoms with Gasteiger partial charge in [-0.05, 0) is 5.56 Å². The SMILES string of the molecule is Cn1cc(SCC(O)COCc2ccccc2)cn1. The van der Waals surface area contributed by atoms with Crippen LogP contribution in [0.15, 0.2) is 47.6 Å². The standard InChI is InChI=1S/C14H18N2O2S/c1-16-8-14(7-15-16)19-11-13(17)10-18-9-12-5-3-2-4-6-12/h2-8,13,17H,9-11H2,1H3. The Bertz CT molecular complexity index is 487. The Kier molecular flexibility index (Phi) is 5.44. The van der Waals surface area contributed by atoms with Crippen LogP contribution in [0.2, 0.25) is 0 Å². The van der Waals surface area contributed by atoms with Crippen LogP contribution in [0.3, 0.4) is 0 Å². The lowest BCUT2D eigenvalue weighted by atomic mass is 10.2. The van der Waals surface area contributed by atoms with E-state index < -0.39 is 6.10 Å². The van der Waals surface area contributed by atoms with Gasteiger partial charge in [0.05, 0.1) is 25.5 Å². The summed E-state index contributed by atoms with van der Waals surface area (Å²) in [6, 6.07) is 9.96. The van der Waals surface area contributed by atoms with Gasteiger partial charge in [0.25, 0.3) is 0 Å². The molecule has 0 aliphatic rings. The van der Waals surface area contributed by atoms with Crippen molar-refractivity contribution in [3.8, 4) is 0 Å². The molecule has 19 heavy (non-hydrogen) atoms. The molecule has 1 atom stereocenters.